The van der Waals surface area contributed by atoms with Crippen molar-refractivity contribution >= 4 is 47.2 Å². The van der Waals surface area contributed by atoms with Gasteiger partial charge < -0.3 is 15.5 Å². The summed E-state index contributed by atoms with van der Waals surface area (Å²) in [5.74, 6) is 2.42. The van der Waals surface area contributed by atoms with Gasteiger partial charge in [0.15, 0.2) is 5.96 Å². The summed E-state index contributed by atoms with van der Waals surface area (Å²) in [6, 6.07) is 3.74. The number of hydrogen-bond acceptors (Lipinski definition) is 3. The van der Waals surface area contributed by atoms with Gasteiger partial charge in [0.1, 0.15) is 0 Å². The van der Waals surface area contributed by atoms with Crippen molar-refractivity contribution in [2.24, 2.45) is 16.8 Å². The molecule has 0 bridgehead atoms. The standard InChI is InChI=1S/C17H28N4OS.HI/c1-13-10-14(2)12-21(11-13)17(18-3)20-8-5-7-19-16(22)15-6-4-9-23-15;/h4,6,9,13-14H,5,7-8,10-12H2,1-3H3,(H,18,20)(H,19,22);1H. The number of nitrogens with one attached hydrogen (secondary N) is 2. The van der Waals surface area contributed by atoms with Crippen LogP contribution in [0.2, 0.25) is 0 Å². The molecule has 1 aliphatic rings. The van der Waals surface area contributed by atoms with Crippen molar-refractivity contribution < 1.29 is 4.79 Å². The summed E-state index contributed by atoms with van der Waals surface area (Å²) in [6.45, 7) is 8.23. The van der Waals surface area contributed by atoms with Gasteiger partial charge >= 0.3 is 0 Å². The fraction of sp³-hybridized carbons (Fsp3) is 0.647. The van der Waals surface area contributed by atoms with Crippen LogP contribution in [0.3, 0.4) is 0 Å². The predicted molar refractivity (Wildman–Crippen MR) is 113 cm³/mol. The Labute approximate surface area is 166 Å². The lowest BCUT2D eigenvalue weighted by Gasteiger charge is -2.37. The van der Waals surface area contributed by atoms with Crippen molar-refractivity contribution in [2.45, 2.75) is 26.7 Å². The molecule has 0 radical (unpaired) electrons. The van der Waals surface area contributed by atoms with E-state index in [1.165, 1.54) is 17.8 Å². The first kappa shape index (κ1) is 21.2. The lowest BCUT2D eigenvalue weighted by Crippen LogP contribution is -2.48. The second kappa shape index (κ2) is 10.9. The van der Waals surface area contributed by atoms with E-state index in [9.17, 15) is 4.79 Å². The quantitative estimate of drug-likeness (QED) is 0.305. The number of hydrogen-bond donors (Lipinski definition) is 2. The lowest BCUT2D eigenvalue weighted by atomic mass is 9.92. The average molecular weight is 464 g/mol. The zero-order valence-corrected chi connectivity index (χ0v) is 17.9. The number of piperidine rings is 1. The Hall–Kier alpha value is -0.830. The predicted octanol–water partition coefficient (Wildman–Crippen LogP) is 3.04. The molecule has 1 amide bonds. The second-order valence-corrected chi connectivity index (χ2v) is 7.36. The maximum Gasteiger partial charge on any atom is 0.261 e. The van der Waals surface area contributed by atoms with Crippen molar-refractivity contribution in [1.29, 1.82) is 0 Å². The summed E-state index contributed by atoms with van der Waals surface area (Å²) in [7, 11) is 1.84. The molecule has 136 valence electrons. The molecule has 2 unspecified atom stereocenters. The fourth-order valence-electron chi connectivity index (χ4n) is 3.15. The number of thiophene rings is 1. The summed E-state index contributed by atoms with van der Waals surface area (Å²) in [5.41, 5.74) is 0. The minimum absolute atomic E-state index is 0. The number of amides is 1. The van der Waals surface area contributed by atoms with Crippen LogP contribution in [-0.4, -0.2) is 50.0 Å². The van der Waals surface area contributed by atoms with Crippen LogP contribution in [0.15, 0.2) is 22.5 Å². The highest BCUT2D eigenvalue weighted by atomic mass is 127. The molecule has 0 aromatic carbocycles. The van der Waals surface area contributed by atoms with Crippen molar-refractivity contribution in [3.05, 3.63) is 22.4 Å². The Bertz CT molecular complexity index is 511. The van der Waals surface area contributed by atoms with Gasteiger partial charge in [-0.25, -0.2) is 0 Å². The van der Waals surface area contributed by atoms with Crippen LogP contribution in [0, 0.1) is 11.8 Å². The first-order chi connectivity index (χ1) is 11.1. The highest BCUT2D eigenvalue weighted by Crippen LogP contribution is 2.20. The van der Waals surface area contributed by atoms with E-state index < -0.39 is 0 Å². The van der Waals surface area contributed by atoms with Crippen LogP contribution < -0.4 is 10.6 Å². The Balaban J connectivity index is 0.00000288. The molecule has 0 saturated carbocycles. The van der Waals surface area contributed by atoms with Crippen molar-refractivity contribution in [3.8, 4) is 0 Å². The Morgan fingerprint density at radius 2 is 1.96 bits per heavy atom. The number of nitrogens with zero attached hydrogens (tertiary/aromatic N) is 2. The smallest absolute Gasteiger partial charge is 0.261 e. The topological polar surface area (TPSA) is 56.7 Å². The normalized spacial score (nSPS) is 21.1. The summed E-state index contributed by atoms with van der Waals surface area (Å²) < 4.78 is 0. The molecule has 0 aliphatic carbocycles. The van der Waals surface area contributed by atoms with Gasteiger partial charge in [0.25, 0.3) is 5.91 Å². The summed E-state index contributed by atoms with van der Waals surface area (Å²) in [5, 5.41) is 8.28. The number of rotatable bonds is 5. The number of halogens is 1. The molecule has 24 heavy (non-hydrogen) atoms. The highest BCUT2D eigenvalue weighted by molar-refractivity contribution is 14.0. The van der Waals surface area contributed by atoms with E-state index >= 15 is 0 Å². The molecule has 2 N–H and O–H groups in total. The molecular weight excluding hydrogens is 435 g/mol. The average Bonchev–Trinajstić information content (AvgIpc) is 3.04. The minimum atomic E-state index is 0. The molecule has 1 aromatic rings. The van der Waals surface area contributed by atoms with Crippen molar-refractivity contribution in [3.63, 3.8) is 0 Å². The van der Waals surface area contributed by atoms with Gasteiger partial charge in [-0.3, -0.25) is 9.79 Å². The first-order valence-electron chi connectivity index (χ1n) is 8.37. The number of carbonyl (C=O) groups is 1. The van der Waals surface area contributed by atoms with Gasteiger partial charge in [-0.1, -0.05) is 19.9 Å². The fourth-order valence-corrected chi connectivity index (χ4v) is 3.79. The van der Waals surface area contributed by atoms with E-state index in [1.807, 2.05) is 24.6 Å². The molecule has 1 aliphatic heterocycles. The maximum atomic E-state index is 11.8. The molecule has 2 rings (SSSR count). The Morgan fingerprint density at radius 1 is 1.29 bits per heavy atom. The van der Waals surface area contributed by atoms with Gasteiger partial charge in [-0.2, -0.15) is 0 Å². The van der Waals surface area contributed by atoms with Gasteiger partial charge in [0.2, 0.25) is 0 Å². The molecule has 7 heteroatoms. The molecular formula is C17H29IN4OS. The zero-order chi connectivity index (χ0) is 16.7. The molecule has 1 saturated heterocycles. The van der Waals surface area contributed by atoms with Gasteiger partial charge in [-0.05, 0) is 36.1 Å². The Kier molecular flexibility index (Phi) is 9.65. The van der Waals surface area contributed by atoms with Crippen LogP contribution in [-0.2, 0) is 0 Å². The lowest BCUT2D eigenvalue weighted by molar-refractivity contribution is 0.0957. The summed E-state index contributed by atoms with van der Waals surface area (Å²) in [6.07, 6.45) is 2.18. The van der Waals surface area contributed by atoms with Gasteiger partial charge in [0, 0.05) is 33.2 Å². The third-order valence-corrected chi connectivity index (χ3v) is 4.92. The van der Waals surface area contributed by atoms with Gasteiger partial charge in [0.05, 0.1) is 4.88 Å². The molecule has 2 atom stereocenters. The third kappa shape index (κ3) is 6.58. The molecule has 1 aromatic heterocycles. The number of likely N-dealkylation sites (tertiary alicyclic amines) is 1. The minimum Gasteiger partial charge on any atom is -0.356 e. The van der Waals surface area contributed by atoms with Crippen LogP contribution in [0.4, 0.5) is 0 Å². The van der Waals surface area contributed by atoms with Crippen LogP contribution in [0.1, 0.15) is 36.4 Å². The number of aliphatic imine (C=N–C) groups is 1. The SMILES string of the molecule is CN=C(NCCCNC(=O)c1cccs1)N1CC(C)CC(C)C1.I. The number of carbonyl (C=O) groups excluding carboxylic acids is 1. The summed E-state index contributed by atoms with van der Waals surface area (Å²) >= 11 is 1.47. The van der Waals surface area contributed by atoms with Crippen LogP contribution in [0.25, 0.3) is 0 Å². The van der Waals surface area contributed by atoms with Crippen LogP contribution >= 0.6 is 35.3 Å². The highest BCUT2D eigenvalue weighted by Gasteiger charge is 2.23. The van der Waals surface area contributed by atoms with E-state index in [2.05, 4.69) is 34.4 Å². The zero-order valence-electron chi connectivity index (χ0n) is 14.7. The van der Waals surface area contributed by atoms with Crippen molar-refractivity contribution in [2.75, 3.05) is 33.2 Å². The van der Waals surface area contributed by atoms with E-state index in [0.29, 0.717) is 18.4 Å². The first-order valence-corrected chi connectivity index (χ1v) is 9.25. The molecule has 0 spiro atoms. The largest absolute Gasteiger partial charge is 0.356 e. The van der Waals surface area contributed by atoms with E-state index in [-0.39, 0.29) is 29.9 Å². The Morgan fingerprint density at radius 3 is 2.54 bits per heavy atom. The maximum absolute atomic E-state index is 11.8. The molecule has 2 heterocycles. The molecule has 5 nitrogen and oxygen atoms in total. The number of guanidine groups is 1. The second-order valence-electron chi connectivity index (χ2n) is 6.41. The third-order valence-electron chi connectivity index (χ3n) is 4.05. The van der Waals surface area contributed by atoms with E-state index in [1.54, 1.807) is 0 Å². The summed E-state index contributed by atoms with van der Waals surface area (Å²) in [4.78, 5) is 19.3. The monoisotopic (exact) mass is 464 g/mol. The van der Waals surface area contributed by atoms with Gasteiger partial charge in [-0.15, -0.1) is 35.3 Å². The van der Waals surface area contributed by atoms with Crippen LogP contribution in [0.5, 0.6) is 0 Å². The van der Waals surface area contributed by atoms with E-state index in [0.717, 1.165) is 36.9 Å². The van der Waals surface area contributed by atoms with Crippen molar-refractivity contribution in [1.82, 2.24) is 15.5 Å². The molecule has 1 fully saturated rings. The van der Waals surface area contributed by atoms with E-state index in [4.69, 9.17) is 0 Å².